The number of likely N-dealkylation sites (tertiary alicyclic amines) is 1. The third-order valence-electron chi connectivity index (χ3n) is 5.73. The highest BCUT2D eigenvalue weighted by atomic mass is 16.4. The normalized spacial score (nSPS) is 17.9. The van der Waals surface area contributed by atoms with Gasteiger partial charge in [-0.15, -0.1) is 0 Å². The maximum atomic E-state index is 13.2. The van der Waals surface area contributed by atoms with E-state index in [0.717, 1.165) is 0 Å². The number of aromatic nitrogens is 2. The molecule has 1 aromatic rings. The van der Waals surface area contributed by atoms with E-state index < -0.39 is 60.2 Å². The molecule has 14 nitrogen and oxygen atoms in total. The van der Waals surface area contributed by atoms with E-state index >= 15 is 0 Å². The maximum Gasteiger partial charge on any atom is 0.326 e. The third-order valence-corrected chi connectivity index (χ3v) is 5.73. The van der Waals surface area contributed by atoms with Crippen LogP contribution < -0.4 is 22.1 Å². The number of aliphatic carboxylic acids is 2. The van der Waals surface area contributed by atoms with Crippen LogP contribution in [0, 0.1) is 0 Å². The van der Waals surface area contributed by atoms with Crippen LogP contribution in [0.2, 0.25) is 0 Å². The van der Waals surface area contributed by atoms with Gasteiger partial charge in [0.05, 0.1) is 18.8 Å². The lowest BCUT2D eigenvalue weighted by Crippen LogP contribution is -2.58. The van der Waals surface area contributed by atoms with E-state index in [1.807, 2.05) is 0 Å². The summed E-state index contributed by atoms with van der Waals surface area (Å²) in [5, 5.41) is 23.5. The number of imidazole rings is 1. The van der Waals surface area contributed by atoms with Crippen LogP contribution in [0.5, 0.6) is 0 Å². The molecule has 1 aliphatic rings. The zero-order valence-corrected chi connectivity index (χ0v) is 19.3. The summed E-state index contributed by atoms with van der Waals surface area (Å²) in [6.07, 6.45) is 4.37. The number of carboxylic acids is 2. The Labute approximate surface area is 201 Å². The minimum atomic E-state index is -1.49. The summed E-state index contributed by atoms with van der Waals surface area (Å²) >= 11 is 0. The van der Waals surface area contributed by atoms with Gasteiger partial charge in [0, 0.05) is 24.9 Å². The van der Waals surface area contributed by atoms with Crippen molar-refractivity contribution in [3.05, 3.63) is 18.2 Å². The van der Waals surface area contributed by atoms with Crippen LogP contribution in [-0.2, 0) is 30.4 Å². The fourth-order valence-electron chi connectivity index (χ4n) is 3.88. The van der Waals surface area contributed by atoms with Gasteiger partial charge in [0.15, 0.2) is 0 Å². The third kappa shape index (κ3) is 8.33. The summed E-state index contributed by atoms with van der Waals surface area (Å²) in [6, 6.07) is -4.69. The van der Waals surface area contributed by atoms with Crippen molar-refractivity contribution >= 4 is 29.7 Å². The first-order chi connectivity index (χ1) is 16.6. The monoisotopic (exact) mass is 495 g/mol. The van der Waals surface area contributed by atoms with Crippen LogP contribution in [0.1, 0.15) is 44.2 Å². The second-order valence-electron chi connectivity index (χ2n) is 8.42. The average Bonchev–Trinajstić information content (AvgIpc) is 3.49. The zero-order valence-electron chi connectivity index (χ0n) is 19.3. The number of carbonyl (C=O) groups is 5. The number of hydrogen-bond donors (Lipinski definition) is 7. The van der Waals surface area contributed by atoms with Crippen molar-refractivity contribution in [2.24, 2.45) is 11.5 Å². The highest BCUT2D eigenvalue weighted by molar-refractivity contribution is 5.95. The van der Waals surface area contributed by atoms with Gasteiger partial charge in [0.2, 0.25) is 17.7 Å². The van der Waals surface area contributed by atoms with Gasteiger partial charge >= 0.3 is 11.9 Å². The van der Waals surface area contributed by atoms with Gasteiger partial charge < -0.3 is 42.2 Å². The number of hydrogen-bond acceptors (Lipinski definition) is 8. The van der Waals surface area contributed by atoms with Gasteiger partial charge in [-0.05, 0) is 32.2 Å². The highest BCUT2D eigenvalue weighted by Crippen LogP contribution is 2.19. The summed E-state index contributed by atoms with van der Waals surface area (Å²) < 4.78 is 0. The largest absolute Gasteiger partial charge is 0.481 e. The summed E-state index contributed by atoms with van der Waals surface area (Å²) in [7, 11) is 0. The van der Waals surface area contributed by atoms with E-state index in [4.69, 9.17) is 11.5 Å². The smallest absolute Gasteiger partial charge is 0.326 e. The predicted octanol–water partition coefficient (Wildman–Crippen LogP) is -2.07. The van der Waals surface area contributed by atoms with Crippen molar-refractivity contribution in [1.29, 1.82) is 0 Å². The Hall–Kier alpha value is -3.52. The first-order valence-corrected chi connectivity index (χ1v) is 11.4. The second-order valence-corrected chi connectivity index (χ2v) is 8.42. The van der Waals surface area contributed by atoms with Crippen molar-refractivity contribution in [1.82, 2.24) is 25.5 Å². The minimum absolute atomic E-state index is 0.0419. The van der Waals surface area contributed by atoms with E-state index in [9.17, 15) is 34.2 Å². The average molecular weight is 496 g/mol. The SMILES string of the molecule is NCCCCC(N)C(=O)NC(CC(=O)O)C(=O)NC(Cc1cnc[nH]1)C(=O)N1CCCC1C(=O)O. The molecule has 0 aliphatic carbocycles. The molecule has 35 heavy (non-hydrogen) atoms. The van der Waals surface area contributed by atoms with Crippen LogP contribution in [0.3, 0.4) is 0 Å². The molecule has 3 amide bonds. The highest BCUT2D eigenvalue weighted by Gasteiger charge is 2.38. The number of amides is 3. The van der Waals surface area contributed by atoms with Crippen molar-refractivity contribution in [2.45, 2.75) is 69.1 Å². The molecule has 1 saturated heterocycles. The minimum Gasteiger partial charge on any atom is -0.481 e. The number of rotatable bonds is 14. The molecule has 2 rings (SSSR count). The van der Waals surface area contributed by atoms with E-state index in [-0.39, 0.29) is 19.4 Å². The Morgan fingerprint density at radius 1 is 1.14 bits per heavy atom. The van der Waals surface area contributed by atoms with Crippen LogP contribution in [-0.4, -0.2) is 92.0 Å². The lowest BCUT2D eigenvalue weighted by Gasteiger charge is -2.28. The lowest BCUT2D eigenvalue weighted by atomic mass is 10.1. The Balaban J connectivity index is 2.17. The standard InChI is InChI=1S/C21H33N7O7/c22-6-2-1-4-13(23)18(31)26-14(9-17(29)30)19(32)27-15(8-12-10-24-11-25-12)20(33)28-7-3-5-16(28)21(34)35/h10-11,13-16H,1-9,22-23H2,(H,24,25)(H,26,31)(H,27,32)(H,29,30)(H,34,35). The predicted molar refractivity (Wildman–Crippen MR) is 122 cm³/mol. The molecule has 0 aromatic carbocycles. The number of carboxylic acid groups (broad SMARTS) is 2. The molecule has 0 bridgehead atoms. The fourth-order valence-corrected chi connectivity index (χ4v) is 3.88. The number of carbonyl (C=O) groups excluding carboxylic acids is 3. The molecule has 1 aromatic heterocycles. The second kappa shape index (κ2) is 13.4. The number of aromatic amines is 1. The van der Waals surface area contributed by atoms with Crippen LogP contribution in [0.15, 0.2) is 12.5 Å². The number of nitrogens with zero attached hydrogens (tertiary/aromatic N) is 2. The van der Waals surface area contributed by atoms with Crippen LogP contribution in [0.4, 0.5) is 0 Å². The van der Waals surface area contributed by atoms with Crippen LogP contribution in [0.25, 0.3) is 0 Å². The first-order valence-electron chi connectivity index (χ1n) is 11.4. The molecular formula is C21H33N7O7. The van der Waals surface area contributed by atoms with E-state index in [1.165, 1.54) is 17.4 Å². The van der Waals surface area contributed by atoms with Crippen molar-refractivity contribution in [3.8, 4) is 0 Å². The summed E-state index contributed by atoms with van der Waals surface area (Å²) in [5.74, 6) is -4.73. The molecule has 4 atom stereocenters. The van der Waals surface area contributed by atoms with Gasteiger partial charge in [-0.2, -0.15) is 0 Å². The van der Waals surface area contributed by atoms with Crippen molar-refractivity contribution in [2.75, 3.05) is 13.1 Å². The molecule has 9 N–H and O–H groups in total. The number of H-pyrrole nitrogens is 1. The maximum absolute atomic E-state index is 13.2. The molecule has 194 valence electrons. The molecule has 14 heteroatoms. The van der Waals surface area contributed by atoms with Gasteiger partial charge in [-0.25, -0.2) is 9.78 Å². The lowest BCUT2D eigenvalue weighted by molar-refractivity contribution is -0.149. The van der Waals surface area contributed by atoms with E-state index in [2.05, 4.69) is 20.6 Å². The van der Waals surface area contributed by atoms with E-state index in [1.54, 1.807) is 0 Å². The Morgan fingerprint density at radius 2 is 1.86 bits per heavy atom. The molecule has 0 spiro atoms. The molecule has 0 saturated carbocycles. The first kappa shape index (κ1) is 27.7. The summed E-state index contributed by atoms with van der Waals surface area (Å²) in [4.78, 5) is 69.5. The Bertz CT molecular complexity index is 893. The fraction of sp³-hybridized carbons (Fsp3) is 0.619. The van der Waals surface area contributed by atoms with Gasteiger partial charge in [-0.1, -0.05) is 6.42 Å². The number of nitrogens with one attached hydrogen (secondary N) is 3. The van der Waals surface area contributed by atoms with Gasteiger partial charge in [-0.3, -0.25) is 19.2 Å². The Kier molecular flexibility index (Phi) is 10.6. The number of unbranched alkanes of at least 4 members (excludes halogenated alkanes) is 1. The summed E-state index contributed by atoms with van der Waals surface area (Å²) in [6.45, 7) is 0.641. The molecule has 4 unspecified atom stereocenters. The van der Waals surface area contributed by atoms with Gasteiger partial charge in [0.25, 0.3) is 0 Å². The molecule has 2 heterocycles. The Morgan fingerprint density at radius 3 is 2.46 bits per heavy atom. The number of nitrogens with two attached hydrogens (primary N) is 2. The quantitative estimate of drug-likeness (QED) is 0.139. The van der Waals surface area contributed by atoms with Crippen molar-refractivity contribution in [3.63, 3.8) is 0 Å². The molecule has 1 aliphatic heterocycles. The zero-order chi connectivity index (χ0) is 26.0. The molecule has 1 fully saturated rings. The molecular weight excluding hydrogens is 462 g/mol. The summed E-state index contributed by atoms with van der Waals surface area (Å²) in [5.41, 5.74) is 11.8. The topological polar surface area (TPSA) is 234 Å². The van der Waals surface area contributed by atoms with Crippen LogP contribution >= 0.6 is 0 Å². The van der Waals surface area contributed by atoms with Crippen molar-refractivity contribution < 1.29 is 34.2 Å². The molecule has 0 radical (unpaired) electrons. The van der Waals surface area contributed by atoms with E-state index in [0.29, 0.717) is 37.9 Å². The van der Waals surface area contributed by atoms with Gasteiger partial charge in [0.1, 0.15) is 18.1 Å².